The molecule has 2 rings (SSSR count). The van der Waals surface area contributed by atoms with Gasteiger partial charge >= 0.3 is 0 Å². The molecule has 2 aliphatic heterocycles. The van der Waals surface area contributed by atoms with Crippen molar-refractivity contribution in [3.63, 3.8) is 0 Å². The maximum atomic E-state index is 12.4. The average Bonchev–Trinajstić information content (AvgIpc) is 2.46. The summed E-state index contributed by atoms with van der Waals surface area (Å²) in [5.41, 5.74) is 0. The third-order valence-electron chi connectivity index (χ3n) is 3.90. The second-order valence-electron chi connectivity index (χ2n) is 5.72. The van der Waals surface area contributed by atoms with Gasteiger partial charge in [-0.25, -0.2) is 0 Å². The topological polar surface area (TPSA) is 49.9 Å². The molecule has 0 aromatic carbocycles. The largest absolute Gasteiger partial charge is 0.378 e. The number of carbonyl (C=O) groups excluding carboxylic acids is 2. The molecule has 0 N–H and O–H groups in total. The third-order valence-corrected chi connectivity index (χ3v) is 3.90. The molecule has 0 spiro atoms. The van der Waals surface area contributed by atoms with Crippen molar-refractivity contribution in [1.29, 1.82) is 0 Å². The van der Waals surface area contributed by atoms with Gasteiger partial charge in [0, 0.05) is 32.1 Å². The van der Waals surface area contributed by atoms with Crippen LogP contribution in [0.1, 0.15) is 26.7 Å². The fourth-order valence-corrected chi connectivity index (χ4v) is 2.79. The summed E-state index contributed by atoms with van der Waals surface area (Å²) in [7, 11) is 0. The van der Waals surface area contributed by atoms with Crippen LogP contribution in [0.5, 0.6) is 0 Å². The SMILES string of the molecule is CC(C)C(=O)N1CCC[C@H](C(=O)N2CCOCC2)C1. The van der Waals surface area contributed by atoms with Gasteiger partial charge in [0.25, 0.3) is 0 Å². The average molecular weight is 268 g/mol. The van der Waals surface area contributed by atoms with E-state index in [0.29, 0.717) is 32.8 Å². The summed E-state index contributed by atoms with van der Waals surface area (Å²) < 4.78 is 5.27. The minimum Gasteiger partial charge on any atom is -0.378 e. The third kappa shape index (κ3) is 3.47. The molecule has 108 valence electrons. The van der Waals surface area contributed by atoms with E-state index >= 15 is 0 Å². The van der Waals surface area contributed by atoms with Crippen LogP contribution in [0.3, 0.4) is 0 Å². The highest BCUT2D eigenvalue weighted by Gasteiger charge is 2.32. The number of carbonyl (C=O) groups is 2. The van der Waals surface area contributed by atoms with Crippen molar-refractivity contribution in [3.8, 4) is 0 Å². The summed E-state index contributed by atoms with van der Waals surface area (Å²) in [6, 6.07) is 0. The molecule has 2 aliphatic rings. The first-order valence-electron chi connectivity index (χ1n) is 7.25. The van der Waals surface area contributed by atoms with Crippen LogP contribution in [0.4, 0.5) is 0 Å². The number of likely N-dealkylation sites (tertiary alicyclic amines) is 1. The number of morpholine rings is 1. The molecule has 0 saturated carbocycles. The zero-order valence-corrected chi connectivity index (χ0v) is 11.9. The van der Waals surface area contributed by atoms with E-state index in [2.05, 4.69) is 0 Å². The molecule has 2 amide bonds. The molecule has 0 aromatic rings. The Kier molecular flexibility index (Phi) is 4.80. The Labute approximate surface area is 114 Å². The van der Waals surface area contributed by atoms with Gasteiger partial charge in [0.1, 0.15) is 0 Å². The van der Waals surface area contributed by atoms with Crippen molar-refractivity contribution in [2.75, 3.05) is 39.4 Å². The number of hydrogen-bond acceptors (Lipinski definition) is 3. The molecule has 2 saturated heterocycles. The summed E-state index contributed by atoms with van der Waals surface area (Å²) in [6.07, 6.45) is 1.83. The van der Waals surface area contributed by atoms with Crippen molar-refractivity contribution in [1.82, 2.24) is 9.80 Å². The predicted octanol–water partition coefficient (Wildman–Crippen LogP) is 0.740. The highest BCUT2D eigenvalue weighted by molar-refractivity contribution is 5.82. The molecule has 0 radical (unpaired) electrons. The monoisotopic (exact) mass is 268 g/mol. The Balaban J connectivity index is 1.92. The van der Waals surface area contributed by atoms with E-state index in [1.54, 1.807) is 0 Å². The van der Waals surface area contributed by atoms with E-state index in [4.69, 9.17) is 4.74 Å². The maximum Gasteiger partial charge on any atom is 0.227 e. The first kappa shape index (κ1) is 14.3. The molecule has 2 fully saturated rings. The van der Waals surface area contributed by atoms with E-state index in [-0.39, 0.29) is 23.7 Å². The quantitative estimate of drug-likeness (QED) is 0.742. The first-order valence-corrected chi connectivity index (χ1v) is 7.25. The molecular weight excluding hydrogens is 244 g/mol. The van der Waals surface area contributed by atoms with Gasteiger partial charge in [0.2, 0.25) is 11.8 Å². The van der Waals surface area contributed by atoms with Gasteiger partial charge < -0.3 is 14.5 Å². The highest BCUT2D eigenvalue weighted by Crippen LogP contribution is 2.21. The lowest BCUT2D eigenvalue weighted by atomic mass is 9.95. The van der Waals surface area contributed by atoms with E-state index in [1.807, 2.05) is 23.6 Å². The molecule has 5 heteroatoms. The van der Waals surface area contributed by atoms with Crippen LogP contribution < -0.4 is 0 Å². The van der Waals surface area contributed by atoms with Crippen molar-refractivity contribution in [3.05, 3.63) is 0 Å². The minimum absolute atomic E-state index is 0.0113. The molecular formula is C14H24N2O3. The van der Waals surface area contributed by atoms with E-state index < -0.39 is 0 Å². The highest BCUT2D eigenvalue weighted by atomic mass is 16.5. The smallest absolute Gasteiger partial charge is 0.227 e. The molecule has 0 aromatic heterocycles. The zero-order chi connectivity index (χ0) is 13.8. The van der Waals surface area contributed by atoms with E-state index in [1.165, 1.54) is 0 Å². The number of amides is 2. The second kappa shape index (κ2) is 6.37. The number of nitrogens with zero attached hydrogens (tertiary/aromatic N) is 2. The van der Waals surface area contributed by atoms with Gasteiger partial charge in [-0.1, -0.05) is 13.8 Å². The van der Waals surface area contributed by atoms with Crippen LogP contribution in [-0.2, 0) is 14.3 Å². The summed E-state index contributed by atoms with van der Waals surface area (Å²) in [4.78, 5) is 28.2. The van der Waals surface area contributed by atoms with E-state index in [9.17, 15) is 9.59 Å². The van der Waals surface area contributed by atoms with Crippen LogP contribution in [0.25, 0.3) is 0 Å². The number of piperidine rings is 1. The number of hydrogen-bond donors (Lipinski definition) is 0. The Bertz CT molecular complexity index is 338. The summed E-state index contributed by atoms with van der Waals surface area (Å²) in [5.74, 6) is 0.357. The van der Waals surface area contributed by atoms with Gasteiger partial charge in [-0.15, -0.1) is 0 Å². The van der Waals surface area contributed by atoms with Gasteiger partial charge in [0.05, 0.1) is 19.1 Å². The fraction of sp³-hybridized carbons (Fsp3) is 0.857. The molecule has 5 nitrogen and oxygen atoms in total. The van der Waals surface area contributed by atoms with E-state index in [0.717, 1.165) is 19.4 Å². The normalized spacial score (nSPS) is 24.7. The zero-order valence-electron chi connectivity index (χ0n) is 11.9. The Morgan fingerprint density at radius 2 is 1.79 bits per heavy atom. The summed E-state index contributed by atoms with van der Waals surface area (Å²) in [5, 5.41) is 0. The Morgan fingerprint density at radius 3 is 2.42 bits per heavy atom. The molecule has 1 atom stereocenters. The lowest BCUT2D eigenvalue weighted by molar-refractivity contribution is -0.145. The van der Waals surface area contributed by atoms with Gasteiger partial charge in [-0.05, 0) is 12.8 Å². The number of rotatable bonds is 2. The Morgan fingerprint density at radius 1 is 1.11 bits per heavy atom. The van der Waals surface area contributed by atoms with Crippen LogP contribution in [0.2, 0.25) is 0 Å². The Hall–Kier alpha value is -1.10. The predicted molar refractivity (Wildman–Crippen MR) is 71.5 cm³/mol. The molecule has 0 aliphatic carbocycles. The van der Waals surface area contributed by atoms with Crippen molar-refractivity contribution >= 4 is 11.8 Å². The lowest BCUT2D eigenvalue weighted by Gasteiger charge is -2.36. The molecule has 0 unspecified atom stereocenters. The maximum absolute atomic E-state index is 12.4. The number of ether oxygens (including phenoxy) is 1. The van der Waals surface area contributed by atoms with Crippen LogP contribution in [0, 0.1) is 11.8 Å². The summed E-state index contributed by atoms with van der Waals surface area (Å²) in [6.45, 7) is 7.85. The molecule has 0 bridgehead atoms. The van der Waals surface area contributed by atoms with Crippen LogP contribution in [0.15, 0.2) is 0 Å². The molecule has 19 heavy (non-hydrogen) atoms. The lowest BCUT2D eigenvalue weighted by Crippen LogP contribution is -2.50. The van der Waals surface area contributed by atoms with Crippen LogP contribution >= 0.6 is 0 Å². The van der Waals surface area contributed by atoms with Gasteiger partial charge in [-0.2, -0.15) is 0 Å². The standard InChI is InChI=1S/C14H24N2O3/c1-11(2)13(17)16-5-3-4-12(10-16)14(18)15-6-8-19-9-7-15/h11-12H,3-10H2,1-2H3/t12-/m0/s1. The van der Waals surface area contributed by atoms with Crippen molar-refractivity contribution in [2.24, 2.45) is 11.8 Å². The first-order chi connectivity index (χ1) is 9.09. The fourth-order valence-electron chi connectivity index (χ4n) is 2.79. The van der Waals surface area contributed by atoms with Gasteiger partial charge in [-0.3, -0.25) is 9.59 Å². The second-order valence-corrected chi connectivity index (χ2v) is 5.72. The van der Waals surface area contributed by atoms with Gasteiger partial charge in [0.15, 0.2) is 0 Å². The van der Waals surface area contributed by atoms with Crippen molar-refractivity contribution in [2.45, 2.75) is 26.7 Å². The molecule has 2 heterocycles. The summed E-state index contributed by atoms with van der Waals surface area (Å²) >= 11 is 0. The minimum atomic E-state index is -0.0189. The van der Waals surface area contributed by atoms with Crippen molar-refractivity contribution < 1.29 is 14.3 Å². The van der Waals surface area contributed by atoms with Crippen LogP contribution in [-0.4, -0.2) is 61.0 Å².